The molecule has 0 fully saturated rings. The molecule has 0 saturated carbocycles. The number of ether oxygens (including phenoxy) is 2. The Morgan fingerprint density at radius 3 is 2.59 bits per heavy atom. The maximum absolute atomic E-state index is 10.4. The minimum Gasteiger partial charge on any atom is -0.458 e. The van der Waals surface area contributed by atoms with Gasteiger partial charge in [-0.15, -0.1) is 0 Å². The molecule has 0 bridgehead atoms. The lowest BCUT2D eigenvalue weighted by atomic mass is 10.1. The van der Waals surface area contributed by atoms with Gasteiger partial charge < -0.3 is 9.47 Å². The number of para-hydroxylation sites is 1. The first-order chi connectivity index (χ1) is 10.8. The van der Waals surface area contributed by atoms with Gasteiger partial charge in [0.2, 0.25) is 0 Å². The summed E-state index contributed by atoms with van der Waals surface area (Å²) in [5.41, 5.74) is 0.719. The highest BCUT2D eigenvalue weighted by molar-refractivity contribution is 5.83. The Morgan fingerprint density at radius 2 is 1.82 bits per heavy atom. The van der Waals surface area contributed by atoms with E-state index in [-0.39, 0.29) is 6.10 Å². The van der Waals surface area contributed by atoms with E-state index in [9.17, 15) is 4.79 Å². The molecule has 22 heavy (non-hydrogen) atoms. The molecule has 0 amide bonds. The van der Waals surface area contributed by atoms with Gasteiger partial charge in [0.1, 0.15) is 17.6 Å². The van der Waals surface area contributed by atoms with Crippen LogP contribution in [-0.4, -0.2) is 11.5 Å². The third-order valence-electron chi connectivity index (χ3n) is 3.37. The summed E-state index contributed by atoms with van der Waals surface area (Å²) in [5.74, 6) is 1.55. The van der Waals surface area contributed by atoms with Crippen molar-refractivity contribution in [3.8, 4) is 11.5 Å². The van der Waals surface area contributed by atoms with Crippen LogP contribution in [0.3, 0.4) is 0 Å². The molecule has 2 aromatic carbocycles. The molecular formula is C18H15NO3. The first-order valence-electron chi connectivity index (χ1n) is 6.98. The Kier molecular flexibility index (Phi) is 4.01. The Labute approximate surface area is 128 Å². The van der Waals surface area contributed by atoms with Gasteiger partial charge in [-0.3, -0.25) is 9.78 Å². The van der Waals surface area contributed by atoms with Crippen LogP contribution in [0.5, 0.6) is 11.5 Å². The fourth-order valence-electron chi connectivity index (χ4n) is 2.20. The molecule has 0 aliphatic rings. The van der Waals surface area contributed by atoms with Gasteiger partial charge >= 0.3 is 0 Å². The van der Waals surface area contributed by atoms with Gasteiger partial charge in [0.15, 0.2) is 0 Å². The summed E-state index contributed by atoms with van der Waals surface area (Å²) in [6, 6.07) is 17.3. The molecular weight excluding hydrogens is 278 g/mol. The third kappa shape index (κ3) is 3.06. The summed E-state index contributed by atoms with van der Waals surface area (Å²) < 4.78 is 10.7. The van der Waals surface area contributed by atoms with E-state index in [1.807, 2.05) is 54.6 Å². The highest BCUT2D eigenvalue weighted by atomic mass is 16.5. The lowest BCUT2D eigenvalue weighted by Gasteiger charge is -2.10. The topological polar surface area (TPSA) is 48.4 Å². The van der Waals surface area contributed by atoms with Crippen LogP contribution in [0.4, 0.5) is 0 Å². The maximum atomic E-state index is 10.4. The predicted octanol–water partition coefficient (Wildman–Crippen LogP) is 4.26. The molecule has 0 radical (unpaired) electrons. The van der Waals surface area contributed by atoms with Crippen LogP contribution in [0.2, 0.25) is 0 Å². The molecule has 0 saturated heterocycles. The van der Waals surface area contributed by atoms with Crippen molar-refractivity contribution >= 4 is 17.2 Å². The minimum absolute atomic E-state index is 0.359. The number of aromatic nitrogens is 1. The SMILES string of the molecule is CC(OC=O)c1cc2ccc(Oc3ccccc3)cc2cn1. The molecule has 0 aliphatic carbocycles. The van der Waals surface area contributed by atoms with E-state index < -0.39 is 0 Å². The van der Waals surface area contributed by atoms with Gasteiger partial charge in [-0.05, 0) is 42.6 Å². The van der Waals surface area contributed by atoms with E-state index in [1.165, 1.54) is 0 Å². The summed E-state index contributed by atoms with van der Waals surface area (Å²) in [7, 11) is 0. The average molecular weight is 293 g/mol. The lowest BCUT2D eigenvalue weighted by molar-refractivity contribution is -0.133. The quantitative estimate of drug-likeness (QED) is 0.659. The molecule has 3 aromatic rings. The van der Waals surface area contributed by atoms with E-state index in [0.29, 0.717) is 6.47 Å². The molecule has 4 nitrogen and oxygen atoms in total. The van der Waals surface area contributed by atoms with Crippen molar-refractivity contribution in [2.75, 3.05) is 0 Å². The molecule has 3 rings (SSSR count). The van der Waals surface area contributed by atoms with Crippen LogP contribution in [0, 0.1) is 0 Å². The fraction of sp³-hybridized carbons (Fsp3) is 0.111. The normalized spacial score (nSPS) is 11.9. The van der Waals surface area contributed by atoms with E-state index in [4.69, 9.17) is 9.47 Å². The van der Waals surface area contributed by atoms with Gasteiger partial charge in [-0.25, -0.2) is 0 Å². The van der Waals surface area contributed by atoms with E-state index in [2.05, 4.69) is 4.98 Å². The van der Waals surface area contributed by atoms with Crippen molar-refractivity contribution < 1.29 is 14.3 Å². The number of benzene rings is 2. The van der Waals surface area contributed by atoms with Crippen molar-refractivity contribution in [3.63, 3.8) is 0 Å². The Bertz CT molecular complexity index is 787. The molecule has 1 aromatic heterocycles. The predicted molar refractivity (Wildman–Crippen MR) is 83.8 cm³/mol. The second-order valence-electron chi connectivity index (χ2n) is 4.91. The molecule has 0 N–H and O–H groups in total. The number of pyridine rings is 1. The van der Waals surface area contributed by atoms with E-state index >= 15 is 0 Å². The highest BCUT2D eigenvalue weighted by Crippen LogP contribution is 2.26. The Hall–Kier alpha value is -2.88. The zero-order chi connectivity index (χ0) is 15.4. The Balaban J connectivity index is 1.88. The summed E-state index contributed by atoms with van der Waals surface area (Å²) in [5, 5.41) is 1.99. The Morgan fingerprint density at radius 1 is 1.00 bits per heavy atom. The van der Waals surface area contributed by atoms with Crippen LogP contribution in [-0.2, 0) is 9.53 Å². The highest BCUT2D eigenvalue weighted by Gasteiger charge is 2.08. The molecule has 4 heteroatoms. The molecule has 1 unspecified atom stereocenters. The van der Waals surface area contributed by atoms with Crippen molar-refractivity contribution in [1.82, 2.24) is 4.98 Å². The summed E-state index contributed by atoms with van der Waals surface area (Å²) >= 11 is 0. The fourth-order valence-corrected chi connectivity index (χ4v) is 2.20. The number of carbonyl (C=O) groups excluding carboxylic acids is 1. The van der Waals surface area contributed by atoms with Crippen molar-refractivity contribution in [3.05, 3.63) is 66.5 Å². The zero-order valence-electron chi connectivity index (χ0n) is 12.1. The molecule has 0 spiro atoms. The van der Waals surface area contributed by atoms with Crippen LogP contribution in [0.15, 0.2) is 60.8 Å². The molecule has 1 atom stereocenters. The second-order valence-corrected chi connectivity index (χ2v) is 4.91. The van der Waals surface area contributed by atoms with Gasteiger partial charge in [0, 0.05) is 11.6 Å². The number of hydrogen-bond acceptors (Lipinski definition) is 4. The van der Waals surface area contributed by atoms with Gasteiger partial charge in [-0.1, -0.05) is 24.3 Å². The average Bonchev–Trinajstić information content (AvgIpc) is 2.55. The number of hydrogen-bond donors (Lipinski definition) is 0. The molecule has 0 aliphatic heterocycles. The van der Waals surface area contributed by atoms with Crippen molar-refractivity contribution in [2.45, 2.75) is 13.0 Å². The monoisotopic (exact) mass is 293 g/mol. The minimum atomic E-state index is -0.359. The van der Waals surface area contributed by atoms with Crippen LogP contribution in [0.1, 0.15) is 18.7 Å². The number of fused-ring (bicyclic) bond motifs is 1. The zero-order valence-corrected chi connectivity index (χ0v) is 12.1. The van der Waals surface area contributed by atoms with E-state index in [1.54, 1.807) is 13.1 Å². The summed E-state index contributed by atoms with van der Waals surface area (Å²) in [4.78, 5) is 14.7. The smallest absolute Gasteiger partial charge is 0.293 e. The van der Waals surface area contributed by atoms with Gasteiger partial charge in [-0.2, -0.15) is 0 Å². The third-order valence-corrected chi connectivity index (χ3v) is 3.37. The first-order valence-corrected chi connectivity index (χ1v) is 6.98. The number of nitrogens with zero attached hydrogens (tertiary/aromatic N) is 1. The summed E-state index contributed by atoms with van der Waals surface area (Å²) in [6.45, 7) is 2.22. The van der Waals surface area contributed by atoms with Crippen LogP contribution < -0.4 is 4.74 Å². The van der Waals surface area contributed by atoms with Crippen molar-refractivity contribution in [2.24, 2.45) is 0 Å². The first kappa shape index (κ1) is 14.1. The maximum Gasteiger partial charge on any atom is 0.293 e. The van der Waals surface area contributed by atoms with Gasteiger partial charge in [0.05, 0.1) is 5.69 Å². The number of rotatable bonds is 5. The van der Waals surface area contributed by atoms with Crippen molar-refractivity contribution in [1.29, 1.82) is 0 Å². The van der Waals surface area contributed by atoms with Gasteiger partial charge in [0.25, 0.3) is 6.47 Å². The van der Waals surface area contributed by atoms with E-state index in [0.717, 1.165) is 28.0 Å². The lowest BCUT2D eigenvalue weighted by Crippen LogP contribution is -2.00. The molecule has 1 heterocycles. The largest absolute Gasteiger partial charge is 0.458 e. The van der Waals surface area contributed by atoms with Crippen LogP contribution >= 0.6 is 0 Å². The summed E-state index contributed by atoms with van der Waals surface area (Å²) in [6.07, 6.45) is 1.40. The number of carbonyl (C=O) groups is 1. The second kappa shape index (κ2) is 6.26. The molecule has 110 valence electrons. The standard InChI is InChI=1S/C18H15NO3/c1-13(21-12-20)18-10-14-7-8-17(9-15(14)11-19-18)22-16-5-3-2-4-6-16/h2-13H,1H3. The van der Waals surface area contributed by atoms with Crippen LogP contribution in [0.25, 0.3) is 10.8 Å².